The topological polar surface area (TPSA) is 38.0 Å². The van der Waals surface area contributed by atoms with Gasteiger partial charge in [-0.25, -0.2) is 0 Å². The highest BCUT2D eigenvalue weighted by Crippen LogP contribution is 2.34. The van der Waals surface area contributed by atoms with Gasteiger partial charge in [0.2, 0.25) is 0 Å². The lowest BCUT2D eigenvalue weighted by atomic mass is 9.84. The fourth-order valence-corrected chi connectivity index (χ4v) is 2.50. The summed E-state index contributed by atoms with van der Waals surface area (Å²) in [6.07, 6.45) is 6.81. The van der Waals surface area contributed by atoms with Crippen molar-refractivity contribution in [2.45, 2.75) is 38.0 Å². The van der Waals surface area contributed by atoms with Crippen molar-refractivity contribution >= 4 is 11.4 Å². The Morgan fingerprint density at radius 1 is 1.20 bits per heavy atom. The van der Waals surface area contributed by atoms with Crippen LogP contribution in [-0.4, -0.2) is 7.05 Å². The van der Waals surface area contributed by atoms with Crippen molar-refractivity contribution in [2.24, 2.45) is 0 Å². The molecule has 1 aromatic carbocycles. The molecule has 0 atom stereocenters. The first-order valence-corrected chi connectivity index (χ1v) is 5.88. The predicted molar refractivity (Wildman–Crippen MR) is 66.2 cm³/mol. The Balaban J connectivity index is 2.17. The van der Waals surface area contributed by atoms with Gasteiger partial charge < -0.3 is 11.1 Å². The van der Waals surface area contributed by atoms with Gasteiger partial charge in [-0.3, -0.25) is 0 Å². The first-order chi connectivity index (χ1) is 7.31. The third-order valence-electron chi connectivity index (χ3n) is 3.42. The number of hydrogen-bond acceptors (Lipinski definition) is 2. The number of anilines is 2. The molecule has 0 aliphatic heterocycles. The summed E-state index contributed by atoms with van der Waals surface area (Å²) < 4.78 is 0. The number of nitrogen functional groups attached to an aromatic ring is 1. The molecule has 0 saturated heterocycles. The molecule has 1 aliphatic carbocycles. The molecule has 3 N–H and O–H groups in total. The summed E-state index contributed by atoms with van der Waals surface area (Å²) >= 11 is 0. The second-order valence-corrected chi connectivity index (χ2v) is 4.43. The zero-order valence-corrected chi connectivity index (χ0v) is 9.42. The average molecular weight is 204 g/mol. The normalized spacial score (nSPS) is 17.7. The molecular formula is C13H20N2. The minimum Gasteiger partial charge on any atom is -0.397 e. The number of hydrogen-bond donors (Lipinski definition) is 2. The van der Waals surface area contributed by atoms with Gasteiger partial charge in [-0.2, -0.15) is 0 Å². The van der Waals surface area contributed by atoms with E-state index < -0.39 is 0 Å². The molecule has 2 heteroatoms. The number of rotatable bonds is 2. The molecule has 0 unspecified atom stereocenters. The van der Waals surface area contributed by atoms with Crippen molar-refractivity contribution in [3.05, 3.63) is 23.8 Å². The standard InChI is InChI=1S/C13H20N2/c1-15-13-8-7-11(9-12(13)14)10-5-3-2-4-6-10/h7-10,15H,2-6,14H2,1H3. The number of nitrogens with one attached hydrogen (secondary N) is 1. The van der Waals surface area contributed by atoms with Crippen molar-refractivity contribution in [2.75, 3.05) is 18.1 Å². The minimum absolute atomic E-state index is 0.743. The van der Waals surface area contributed by atoms with Crippen LogP contribution in [0.3, 0.4) is 0 Å². The molecule has 2 rings (SSSR count). The monoisotopic (exact) mass is 204 g/mol. The van der Waals surface area contributed by atoms with Gasteiger partial charge >= 0.3 is 0 Å². The molecule has 1 fully saturated rings. The van der Waals surface area contributed by atoms with E-state index in [1.807, 2.05) is 7.05 Å². The Morgan fingerprint density at radius 2 is 1.93 bits per heavy atom. The van der Waals surface area contributed by atoms with Crippen molar-refractivity contribution in [1.29, 1.82) is 0 Å². The molecule has 0 bridgehead atoms. The molecule has 0 aromatic heterocycles. The summed E-state index contributed by atoms with van der Waals surface area (Å²) in [6, 6.07) is 6.46. The molecule has 0 radical (unpaired) electrons. The Morgan fingerprint density at radius 3 is 2.53 bits per heavy atom. The zero-order valence-electron chi connectivity index (χ0n) is 9.42. The van der Waals surface area contributed by atoms with E-state index in [4.69, 9.17) is 5.73 Å². The molecule has 0 spiro atoms. The molecule has 0 amide bonds. The third-order valence-corrected chi connectivity index (χ3v) is 3.42. The lowest BCUT2D eigenvalue weighted by Gasteiger charge is -2.22. The van der Waals surface area contributed by atoms with Crippen LogP contribution in [0.2, 0.25) is 0 Å². The summed E-state index contributed by atoms with van der Waals surface area (Å²) in [4.78, 5) is 0. The largest absolute Gasteiger partial charge is 0.397 e. The zero-order chi connectivity index (χ0) is 10.7. The summed E-state index contributed by atoms with van der Waals surface area (Å²) in [7, 11) is 1.91. The SMILES string of the molecule is CNc1ccc(C2CCCCC2)cc1N. The van der Waals surface area contributed by atoms with Gasteiger partial charge in [-0.15, -0.1) is 0 Å². The van der Waals surface area contributed by atoms with Crippen LogP contribution in [-0.2, 0) is 0 Å². The number of benzene rings is 1. The lowest BCUT2D eigenvalue weighted by molar-refractivity contribution is 0.444. The van der Waals surface area contributed by atoms with Crippen molar-refractivity contribution in [1.82, 2.24) is 0 Å². The van der Waals surface area contributed by atoms with Crippen LogP contribution in [0.15, 0.2) is 18.2 Å². The second-order valence-electron chi connectivity index (χ2n) is 4.43. The Kier molecular flexibility index (Phi) is 3.14. The van der Waals surface area contributed by atoms with E-state index in [1.165, 1.54) is 37.7 Å². The highest BCUT2D eigenvalue weighted by atomic mass is 14.8. The molecule has 1 aliphatic rings. The minimum atomic E-state index is 0.743. The highest BCUT2D eigenvalue weighted by molar-refractivity contribution is 5.66. The van der Waals surface area contributed by atoms with E-state index in [-0.39, 0.29) is 0 Å². The van der Waals surface area contributed by atoms with E-state index in [0.717, 1.165) is 17.3 Å². The average Bonchev–Trinajstić information content (AvgIpc) is 2.30. The fourth-order valence-electron chi connectivity index (χ4n) is 2.50. The molecule has 1 saturated carbocycles. The van der Waals surface area contributed by atoms with Gasteiger partial charge in [-0.1, -0.05) is 25.3 Å². The van der Waals surface area contributed by atoms with Gasteiger partial charge in [0.1, 0.15) is 0 Å². The van der Waals surface area contributed by atoms with Gasteiger partial charge in [0, 0.05) is 7.05 Å². The van der Waals surface area contributed by atoms with E-state index in [2.05, 4.69) is 23.5 Å². The third kappa shape index (κ3) is 2.25. The van der Waals surface area contributed by atoms with Crippen LogP contribution in [0.1, 0.15) is 43.6 Å². The quantitative estimate of drug-likeness (QED) is 0.725. The molecular weight excluding hydrogens is 184 g/mol. The van der Waals surface area contributed by atoms with Gasteiger partial charge in [-0.05, 0) is 36.5 Å². The van der Waals surface area contributed by atoms with Gasteiger partial charge in [0.25, 0.3) is 0 Å². The maximum atomic E-state index is 5.98. The smallest absolute Gasteiger partial charge is 0.0571 e. The van der Waals surface area contributed by atoms with Crippen molar-refractivity contribution < 1.29 is 0 Å². The van der Waals surface area contributed by atoms with E-state index in [0.29, 0.717) is 0 Å². The summed E-state index contributed by atoms with van der Waals surface area (Å²) in [5.41, 5.74) is 9.31. The molecule has 1 aromatic rings. The van der Waals surface area contributed by atoms with Crippen LogP contribution in [0.4, 0.5) is 11.4 Å². The van der Waals surface area contributed by atoms with Crippen LogP contribution >= 0.6 is 0 Å². The maximum absolute atomic E-state index is 5.98. The lowest BCUT2D eigenvalue weighted by Crippen LogP contribution is -2.05. The summed E-state index contributed by atoms with van der Waals surface area (Å²) in [5, 5.41) is 3.10. The maximum Gasteiger partial charge on any atom is 0.0571 e. The highest BCUT2D eigenvalue weighted by Gasteiger charge is 2.15. The Labute approximate surface area is 91.9 Å². The van der Waals surface area contributed by atoms with E-state index in [1.54, 1.807) is 0 Å². The first kappa shape index (κ1) is 10.3. The molecule has 2 nitrogen and oxygen atoms in total. The van der Waals surface area contributed by atoms with Crippen LogP contribution in [0, 0.1) is 0 Å². The van der Waals surface area contributed by atoms with Crippen molar-refractivity contribution in [3.63, 3.8) is 0 Å². The molecule has 15 heavy (non-hydrogen) atoms. The predicted octanol–water partition coefficient (Wildman–Crippen LogP) is 3.36. The van der Waals surface area contributed by atoms with E-state index >= 15 is 0 Å². The van der Waals surface area contributed by atoms with Gasteiger partial charge in [0.15, 0.2) is 0 Å². The second kappa shape index (κ2) is 4.56. The Bertz CT molecular complexity index is 327. The van der Waals surface area contributed by atoms with Crippen LogP contribution in [0.5, 0.6) is 0 Å². The summed E-state index contributed by atoms with van der Waals surface area (Å²) in [5.74, 6) is 0.743. The van der Waals surface area contributed by atoms with Gasteiger partial charge in [0.05, 0.1) is 11.4 Å². The van der Waals surface area contributed by atoms with E-state index in [9.17, 15) is 0 Å². The van der Waals surface area contributed by atoms with Crippen molar-refractivity contribution in [3.8, 4) is 0 Å². The Hall–Kier alpha value is -1.18. The van der Waals surface area contributed by atoms with Crippen LogP contribution < -0.4 is 11.1 Å². The summed E-state index contributed by atoms with van der Waals surface area (Å²) in [6.45, 7) is 0. The number of nitrogens with two attached hydrogens (primary N) is 1. The molecule has 0 heterocycles. The van der Waals surface area contributed by atoms with Crippen LogP contribution in [0.25, 0.3) is 0 Å². The molecule has 82 valence electrons. The first-order valence-electron chi connectivity index (χ1n) is 5.88. The fraction of sp³-hybridized carbons (Fsp3) is 0.538.